The molecule has 1 aromatic rings. The minimum absolute atomic E-state index is 0.137. The topological polar surface area (TPSA) is 29.1 Å². The Morgan fingerprint density at radius 1 is 1.26 bits per heavy atom. The van der Waals surface area contributed by atoms with Gasteiger partial charge in [-0.05, 0) is 36.0 Å². The van der Waals surface area contributed by atoms with E-state index in [9.17, 15) is 4.79 Å². The number of rotatable bonds is 3. The summed E-state index contributed by atoms with van der Waals surface area (Å²) >= 11 is 4.25. The molecule has 0 heterocycles. The quantitative estimate of drug-likeness (QED) is 0.814. The Hall–Kier alpha value is -0.960. The van der Waals surface area contributed by atoms with Gasteiger partial charge in [0, 0.05) is 10.9 Å². The first-order valence-corrected chi connectivity index (χ1v) is 7.58. The smallest absolute Gasteiger partial charge is 0.224 e. The Bertz CT molecular complexity index is 429. The van der Waals surface area contributed by atoms with E-state index in [-0.39, 0.29) is 5.91 Å². The summed E-state index contributed by atoms with van der Waals surface area (Å²) in [6.45, 7) is 4.54. The van der Waals surface area contributed by atoms with Gasteiger partial charge in [0.1, 0.15) is 0 Å². The average Bonchev–Trinajstić information content (AvgIpc) is 2.38. The van der Waals surface area contributed by atoms with Gasteiger partial charge in [0.05, 0.1) is 6.42 Å². The van der Waals surface area contributed by atoms with Gasteiger partial charge in [0.15, 0.2) is 0 Å². The Balaban J connectivity index is 1.88. The molecule has 2 rings (SSSR count). The predicted octanol–water partition coefficient (Wildman–Crippen LogP) is 3.46. The van der Waals surface area contributed by atoms with E-state index in [0.29, 0.717) is 24.3 Å². The van der Waals surface area contributed by atoms with Crippen LogP contribution in [0.4, 0.5) is 0 Å². The van der Waals surface area contributed by atoms with Crippen LogP contribution in [-0.4, -0.2) is 11.9 Å². The zero-order chi connectivity index (χ0) is 13.8. The molecule has 0 aliphatic heterocycles. The molecule has 3 atom stereocenters. The first kappa shape index (κ1) is 14.4. The molecule has 104 valence electrons. The van der Waals surface area contributed by atoms with Gasteiger partial charge < -0.3 is 5.32 Å². The molecule has 0 bridgehead atoms. The van der Waals surface area contributed by atoms with Gasteiger partial charge in [-0.3, -0.25) is 4.79 Å². The molecule has 1 fully saturated rings. The van der Waals surface area contributed by atoms with Crippen molar-refractivity contribution in [2.24, 2.45) is 11.8 Å². The summed E-state index contributed by atoms with van der Waals surface area (Å²) in [6.07, 6.45) is 4.10. The first-order valence-electron chi connectivity index (χ1n) is 7.13. The molecule has 1 aliphatic rings. The summed E-state index contributed by atoms with van der Waals surface area (Å²) in [6, 6.07) is 8.14. The van der Waals surface area contributed by atoms with E-state index in [2.05, 4.69) is 31.8 Å². The van der Waals surface area contributed by atoms with Crippen LogP contribution in [0.3, 0.4) is 0 Å². The first-order chi connectivity index (χ1) is 9.06. The van der Waals surface area contributed by atoms with Crippen LogP contribution in [0.5, 0.6) is 0 Å². The summed E-state index contributed by atoms with van der Waals surface area (Å²) in [5, 5.41) is 3.20. The zero-order valence-corrected chi connectivity index (χ0v) is 12.6. The van der Waals surface area contributed by atoms with Crippen LogP contribution >= 0.6 is 12.6 Å². The fraction of sp³-hybridized carbons (Fsp3) is 0.562. The Morgan fingerprint density at radius 2 is 1.95 bits per heavy atom. The second kappa shape index (κ2) is 6.47. The normalized spacial score (nSPS) is 27.0. The molecule has 1 amide bonds. The highest BCUT2D eigenvalue weighted by Crippen LogP contribution is 2.29. The van der Waals surface area contributed by atoms with E-state index in [1.807, 2.05) is 24.3 Å². The van der Waals surface area contributed by atoms with Crippen molar-refractivity contribution in [3.05, 3.63) is 29.8 Å². The second-order valence-electron chi connectivity index (χ2n) is 5.78. The molecule has 1 aromatic carbocycles. The maximum absolute atomic E-state index is 12.1. The highest BCUT2D eigenvalue weighted by molar-refractivity contribution is 7.80. The van der Waals surface area contributed by atoms with Crippen molar-refractivity contribution in [2.45, 2.75) is 50.5 Å². The summed E-state index contributed by atoms with van der Waals surface area (Å²) in [4.78, 5) is 13.0. The molecular weight excluding hydrogens is 254 g/mol. The molecule has 1 N–H and O–H groups in total. The molecule has 19 heavy (non-hydrogen) atoms. The molecule has 3 unspecified atom stereocenters. The van der Waals surface area contributed by atoms with Crippen molar-refractivity contribution in [1.29, 1.82) is 0 Å². The van der Waals surface area contributed by atoms with E-state index < -0.39 is 0 Å². The number of benzene rings is 1. The number of carbonyl (C=O) groups is 1. The maximum Gasteiger partial charge on any atom is 0.224 e. The van der Waals surface area contributed by atoms with E-state index in [1.54, 1.807) is 0 Å². The highest BCUT2D eigenvalue weighted by Gasteiger charge is 2.27. The molecule has 2 nitrogen and oxygen atoms in total. The van der Waals surface area contributed by atoms with Crippen LogP contribution in [0.15, 0.2) is 29.2 Å². The van der Waals surface area contributed by atoms with Gasteiger partial charge in [0.25, 0.3) is 0 Å². The van der Waals surface area contributed by atoms with E-state index in [0.717, 1.165) is 16.9 Å². The number of hydrogen-bond donors (Lipinski definition) is 2. The summed E-state index contributed by atoms with van der Waals surface area (Å²) < 4.78 is 0. The minimum Gasteiger partial charge on any atom is -0.353 e. The number of thiol groups is 1. The van der Waals surface area contributed by atoms with E-state index in [4.69, 9.17) is 0 Å². The molecule has 1 saturated carbocycles. The molecule has 0 radical (unpaired) electrons. The number of hydrogen-bond acceptors (Lipinski definition) is 2. The zero-order valence-electron chi connectivity index (χ0n) is 11.7. The third kappa shape index (κ3) is 4.00. The van der Waals surface area contributed by atoms with Crippen LogP contribution < -0.4 is 5.32 Å². The van der Waals surface area contributed by atoms with Gasteiger partial charge in [-0.1, -0.05) is 38.8 Å². The van der Waals surface area contributed by atoms with Crippen molar-refractivity contribution in [1.82, 2.24) is 5.32 Å². The largest absolute Gasteiger partial charge is 0.353 e. The average molecular weight is 277 g/mol. The van der Waals surface area contributed by atoms with Crippen molar-refractivity contribution in [3.8, 4) is 0 Å². The SMILES string of the molecule is CC1CCCC(NC(=O)Cc2ccc(S)cc2)C1C. The molecule has 0 aromatic heterocycles. The lowest BCUT2D eigenvalue weighted by atomic mass is 9.78. The third-order valence-corrected chi connectivity index (χ3v) is 4.65. The number of nitrogens with one attached hydrogen (secondary N) is 1. The van der Waals surface area contributed by atoms with Crippen LogP contribution in [0.1, 0.15) is 38.7 Å². The fourth-order valence-corrected chi connectivity index (χ4v) is 2.99. The van der Waals surface area contributed by atoms with Crippen molar-refractivity contribution in [3.63, 3.8) is 0 Å². The Kier molecular flexibility index (Phi) is 4.92. The summed E-state index contributed by atoms with van der Waals surface area (Å²) in [5.74, 6) is 1.43. The summed E-state index contributed by atoms with van der Waals surface area (Å²) in [5.41, 5.74) is 1.05. The lowest BCUT2D eigenvalue weighted by molar-refractivity contribution is -0.121. The molecule has 0 spiro atoms. The lowest BCUT2D eigenvalue weighted by Gasteiger charge is -2.34. The van der Waals surface area contributed by atoms with Gasteiger partial charge in [0.2, 0.25) is 5.91 Å². The van der Waals surface area contributed by atoms with E-state index >= 15 is 0 Å². The third-order valence-electron chi connectivity index (χ3n) is 4.35. The van der Waals surface area contributed by atoms with Crippen LogP contribution in [-0.2, 0) is 11.2 Å². The standard InChI is InChI=1S/C16H23NOS/c1-11-4-3-5-15(12(11)2)17-16(18)10-13-6-8-14(19)9-7-13/h6-9,11-12,15,19H,3-5,10H2,1-2H3,(H,17,18). The van der Waals surface area contributed by atoms with Gasteiger partial charge in [-0.25, -0.2) is 0 Å². The van der Waals surface area contributed by atoms with Gasteiger partial charge in [-0.15, -0.1) is 12.6 Å². The Morgan fingerprint density at radius 3 is 2.63 bits per heavy atom. The van der Waals surface area contributed by atoms with E-state index in [1.165, 1.54) is 12.8 Å². The molecule has 1 aliphatic carbocycles. The van der Waals surface area contributed by atoms with Gasteiger partial charge in [-0.2, -0.15) is 0 Å². The summed E-state index contributed by atoms with van der Waals surface area (Å²) in [7, 11) is 0. The molecule has 0 saturated heterocycles. The second-order valence-corrected chi connectivity index (χ2v) is 6.30. The highest BCUT2D eigenvalue weighted by atomic mass is 32.1. The van der Waals surface area contributed by atoms with Crippen LogP contribution in [0, 0.1) is 11.8 Å². The molecule has 3 heteroatoms. The Labute approximate surface area is 121 Å². The van der Waals surface area contributed by atoms with Gasteiger partial charge >= 0.3 is 0 Å². The van der Waals surface area contributed by atoms with Crippen LogP contribution in [0.25, 0.3) is 0 Å². The van der Waals surface area contributed by atoms with Crippen molar-refractivity contribution < 1.29 is 4.79 Å². The molecular formula is C16H23NOS. The number of amides is 1. The lowest BCUT2D eigenvalue weighted by Crippen LogP contribution is -2.44. The number of carbonyl (C=O) groups excluding carboxylic acids is 1. The van der Waals surface area contributed by atoms with Crippen molar-refractivity contribution in [2.75, 3.05) is 0 Å². The monoisotopic (exact) mass is 277 g/mol. The maximum atomic E-state index is 12.1. The fourth-order valence-electron chi connectivity index (χ4n) is 2.84. The minimum atomic E-state index is 0.137. The van der Waals surface area contributed by atoms with Crippen LogP contribution in [0.2, 0.25) is 0 Å². The predicted molar refractivity (Wildman–Crippen MR) is 81.5 cm³/mol. The van der Waals surface area contributed by atoms with Crippen molar-refractivity contribution >= 4 is 18.5 Å².